The minimum Gasteiger partial charge on any atom is -0.472 e. The summed E-state index contributed by atoms with van der Waals surface area (Å²) < 4.78 is 6.78. The van der Waals surface area contributed by atoms with E-state index < -0.39 is 0 Å². The van der Waals surface area contributed by atoms with Crippen LogP contribution >= 0.6 is 38.9 Å². The van der Waals surface area contributed by atoms with Crippen molar-refractivity contribution < 1.29 is 4.74 Å². The predicted octanol–water partition coefficient (Wildman–Crippen LogP) is 4.69. The van der Waals surface area contributed by atoms with E-state index in [4.69, 9.17) is 16.3 Å². The molecule has 0 spiro atoms. The Hall–Kier alpha value is -1.17. The zero-order chi connectivity index (χ0) is 13.2. The van der Waals surface area contributed by atoms with Crippen molar-refractivity contribution >= 4 is 49.1 Å². The summed E-state index contributed by atoms with van der Waals surface area (Å²) in [6.07, 6.45) is 0. The second-order valence-electron chi connectivity index (χ2n) is 3.85. The summed E-state index contributed by atoms with van der Waals surface area (Å²) >= 11 is 10.8. The summed E-state index contributed by atoms with van der Waals surface area (Å²) in [6, 6.07) is 9.89. The Morgan fingerprint density at radius 1 is 1.16 bits per heavy atom. The van der Waals surface area contributed by atoms with Gasteiger partial charge in [0.1, 0.15) is 11.4 Å². The van der Waals surface area contributed by atoms with Crippen molar-refractivity contribution in [3.63, 3.8) is 0 Å². The number of ether oxygens (including phenoxy) is 1. The highest BCUT2D eigenvalue weighted by molar-refractivity contribution is 9.10. The van der Waals surface area contributed by atoms with Gasteiger partial charge in [0, 0.05) is 4.47 Å². The van der Waals surface area contributed by atoms with Gasteiger partial charge >= 0.3 is 0 Å². The summed E-state index contributed by atoms with van der Waals surface area (Å²) in [5.41, 5.74) is 1.07. The average molecular weight is 356 g/mol. The molecule has 0 N–H and O–H groups in total. The first-order chi connectivity index (χ1) is 9.22. The van der Waals surface area contributed by atoms with E-state index in [1.54, 1.807) is 0 Å². The van der Waals surface area contributed by atoms with Gasteiger partial charge in [-0.15, -0.1) is 11.3 Å². The second kappa shape index (κ2) is 5.45. The van der Waals surface area contributed by atoms with Gasteiger partial charge in [-0.2, -0.15) is 4.98 Å². The normalized spacial score (nSPS) is 10.8. The number of thiophene rings is 1. The summed E-state index contributed by atoms with van der Waals surface area (Å²) in [7, 11) is 0. The molecule has 0 aliphatic carbocycles. The number of hydrogen-bond donors (Lipinski definition) is 0. The van der Waals surface area contributed by atoms with Gasteiger partial charge in [-0.1, -0.05) is 28.1 Å². The Kier molecular flexibility index (Phi) is 3.68. The van der Waals surface area contributed by atoms with Gasteiger partial charge in [-0.25, -0.2) is 4.98 Å². The Morgan fingerprint density at radius 2 is 1.95 bits per heavy atom. The van der Waals surface area contributed by atoms with Crippen molar-refractivity contribution in [3.05, 3.63) is 51.0 Å². The molecule has 0 bridgehead atoms. The Balaban J connectivity index is 1.85. The van der Waals surface area contributed by atoms with E-state index in [0.29, 0.717) is 12.5 Å². The highest BCUT2D eigenvalue weighted by Crippen LogP contribution is 2.28. The van der Waals surface area contributed by atoms with Gasteiger partial charge in [0.15, 0.2) is 0 Å². The fourth-order valence-corrected chi connectivity index (χ4v) is 2.88. The van der Waals surface area contributed by atoms with Gasteiger partial charge in [0.25, 0.3) is 0 Å². The first kappa shape index (κ1) is 12.8. The Morgan fingerprint density at radius 3 is 2.74 bits per heavy atom. The number of halogens is 2. The van der Waals surface area contributed by atoms with Crippen LogP contribution in [0.15, 0.2) is 40.2 Å². The lowest BCUT2D eigenvalue weighted by atomic mass is 10.2. The quantitative estimate of drug-likeness (QED) is 0.640. The molecular formula is C13H8BrClN2OS. The average Bonchev–Trinajstić information content (AvgIpc) is 2.85. The minimum atomic E-state index is 0.209. The molecule has 0 atom stereocenters. The number of nitrogens with zero attached hydrogens (tertiary/aromatic N) is 2. The molecule has 0 saturated heterocycles. The van der Waals surface area contributed by atoms with Gasteiger partial charge in [-0.05, 0) is 40.7 Å². The summed E-state index contributed by atoms with van der Waals surface area (Å²) in [5, 5.41) is 3.05. The molecule has 96 valence electrons. The topological polar surface area (TPSA) is 35.0 Å². The molecule has 0 saturated carbocycles. The number of aromatic nitrogens is 2. The van der Waals surface area contributed by atoms with E-state index in [1.807, 2.05) is 35.7 Å². The zero-order valence-corrected chi connectivity index (χ0v) is 12.8. The molecule has 0 fully saturated rings. The van der Waals surface area contributed by atoms with Crippen LogP contribution in [0.1, 0.15) is 5.56 Å². The summed E-state index contributed by atoms with van der Waals surface area (Å²) in [4.78, 5) is 9.12. The van der Waals surface area contributed by atoms with Gasteiger partial charge in [-0.3, -0.25) is 0 Å². The van der Waals surface area contributed by atoms with Crippen LogP contribution < -0.4 is 4.74 Å². The molecule has 2 aromatic heterocycles. The minimum absolute atomic E-state index is 0.209. The lowest BCUT2D eigenvalue weighted by Gasteiger charge is -2.06. The predicted molar refractivity (Wildman–Crippen MR) is 80.9 cm³/mol. The van der Waals surface area contributed by atoms with Crippen LogP contribution in [0.5, 0.6) is 5.88 Å². The largest absolute Gasteiger partial charge is 0.472 e. The second-order valence-corrected chi connectivity index (χ2v) is 6.00. The van der Waals surface area contributed by atoms with Crippen LogP contribution in [0.4, 0.5) is 0 Å². The van der Waals surface area contributed by atoms with Crippen molar-refractivity contribution in [2.24, 2.45) is 0 Å². The maximum atomic E-state index is 5.88. The number of benzene rings is 1. The van der Waals surface area contributed by atoms with Crippen LogP contribution in [0.2, 0.25) is 5.28 Å². The van der Waals surface area contributed by atoms with Crippen molar-refractivity contribution in [3.8, 4) is 5.88 Å². The highest BCUT2D eigenvalue weighted by atomic mass is 79.9. The molecule has 2 heterocycles. The molecule has 0 amide bonds. The fourth-order valence-electron chi connectivity index (χ4n) is 1.65. The third-order valence-corrected chi connectivity index (χ3v) is 4.06. The molecule has 0 aliphatic rings. The third kappa shape index (κ3) is 2.88. The molecule has 3 aromatic rings. The van der Waals surface area contributed by atoms with Crippen molar-refractivity contribution in [1.29, 1.82) is 0 Å². The van der Waals surface area contributed by atoms with Crippen LogP contribution in [-0.4, -0.2) is 9.97 Å². The van der Waals surface area contributed by atoms with E-state index in [9.17, 15) is 0 Å². The number of fused-ring (bicyclic) bond motifs is 1. The third-order valence-electron chi connectivity index (χ3n) is 2.55. The van der Waals surface area contributed by atoms with Gasteiger partial charge < -0.3 is 4.74 Å². The van der Waals surface area contributed by atoms with E-state index >= 15 is 0 Å². The maximum Gasteiger partial charge on any atom is 0.227 e. The lowest BCUT2D eigenvalue weighted by Crippen LogP contribution is -1.98. The molecule has 0 radical (unpaired) electrons. The molecular weight excluding hydrogens is 348 g/mol. The van der Waals surface area contributed by atoms with Gasteiger partial charge in [0.05, 0.1) is 5.39 Å². The van der Waals surface area contributed by atoms with Gasteiger partial charge in [0.2, 0.25) is 11.2 Å². The zero-order valence-electron chi connectivity index (χ0n) is 9.64. The first-order valence-corrected chi connectivity index (χ1v) is 7.55. The van der Waals surface area contributed by atoms with Crippen LogP contribution in [0, 0.1) is 0 Å². The monoisotopic (exact) mass is 354 g/mol. The first-order valence-electron chi connectivity index (χ1n) is 5.50. The summed E-state index contributed by atoms with van der Waals surface area (Å²) in [6.45, 7) is 0.450. The number of hydrogen-bond acceptors (Lipinski definition) is 4. The fraction of sp³-hybridized carbons (Fsp3) is 0.0769. The summed E-state index contributed by atoms with van der Waals surface area (Å²) in [5.74, 6) is 0.527. The van der Waals surface area contributed by atoms with Crippen LogP contribution in [-0.2, 0) is 6.61 Å². The van der Waals surface area contributed by atoms with Crippen LogP contribution in [0.3, 0.4) is 0 Å². The standard InChI is InChI=1S/C13H8BrClN2OS/c14-9-3-1-8(2-4-9)7-18-11-10-5-6-19-12(10)17-13(15)16-11/h1-6H,7H2. The SMILES string of the molecule is Clc1nc(OCc2ccc(Br)cc2)c2ccsc2n1. The smallest absolute Gasteiger partial charge is 0.227 e. The maximum absolute atomic E-state index is 5.88. The van der Waals surface area contributed by atoms with E-state index in [1.165, 1.54) is 11.3 Å². The van der Waals surface area contributed by atoms with Crippen LogP contribution in [0.25, 0.3) is 10.2 Å². The molecule has 0 aliphatic heterocycles. The molecule has 1 aromatic carbocycles. The molecule has 3 nitrogen and oxygen atoms in total. The molecule has 3 rings (SSSR count). The highest BCUT2D eigenvalue weighted by Gasteiger charge is 2.09. The Labute approximate surface area is 127 Å². The number of rotatable bonds is 3. The van der Waals surface area contributed by atoms with Crippen molar-refractivity contribution in [1.82, 2.24) is 9.97 Å². The van der Waals surface area contributed by atoms with E-state index in [-0.39, 0.29) is 5.28 Å². The van der Waals surface area contributed by atoms with E-state index in [2.05, 4.69) is 25.9 Å². The van der Waals surface area contributed by atoms with Crippen molar-refractivity contribution in [2.75, 3.05) is 0 Å². The molecule has 0 unspecified atom stereocenters. The molecule has 6 heteroatoms. The lowest BCUT2D eigenvalue weighted by molar-refractivity contribution is 0.298. The van der Waals surface area contributed by atoms with Crippen molar-refractivity contribution in [2.45, 2.75) is 6.61 Å². The molecule has 19 heavy (non-hydrogen) atoms. The Bertz CT molecular complexity index is 714. The van der Waals surface area contributed by atoms with E-state index in [0.717, 1.165) is 20.3 Å².